The molecule has 4 rings (SSSR count). The van der Waals surface area contributed by atoms with Crippen LogP contribution in [0.2, 0.25) is 0 Å². The van der Waals surface area contributed by atoms with Crippen molar-refractivity contribution >= 4 is 34.2 Å². The third-order valence-corrected chi connectivity index (χ3v) is 4.98. The van der Waals surface area contributed by atoms with E-state index in [9.17, 15) is 14.7 Å². The minimum absolute atomic E-state index is 0.140. The maximum atomic E-state index is 12.7. The predicted molar refractivity (Wildman–Crippen MR) is 108 cm³/mol. The van der Waals surface area contributed by atoms with Crippen LogP contribution in [0.3, 0.4) is 0 Å². The van der Waals surface area contributed by atoms with E-state index in [1.807, 2.05) is 30.3 Å². The number of nitrogens with zero attached hydrogens (tertiary/aromatic N) is 3. The van der Waals surface area contributed by atoms with Gasteiger partial charge in [0.15, 0.2) is 0 Å². The summed E-state index contributed by atoms with van der Waals surface area (Å²) in [5.41, 5.74) is 2.06. The van der Waals surface area contributed by atoms with E-state index in [4.69, 9.17) is 5.11 Å². The Bertz CT molecular complexity index is 1210. The number of carbonyl (C=O) groups excluding carboxylic acids is 1. The number of fused-ring (bicyclic) bond motifs is 1. The lowest BCUT2D eigenvalue weighted by molar-refractivity contribution is -0.135. The standard InChI is InChI=1S/C20H14N4O4S/c25-15(26)10-23-19(28)16-17-13(8-12(18(16)27)20-21-6-7-29-20)22-9-14(24-17)11-4-2-1-3-5-11/h1-9,27H,10H2,(H,23,28)(H,25,26). The molecule has 0 atom stereocenters. The zero-order valence-corrected chi connectivity index (χ0v) is 15.7. The predicted octanol–water partition coefficient (Wildman–Crippen LogP) is 2.94. The van der Waals surface area contributed by atoms with Gasteiger partial charge in [0, 0.05) is 17.1 Å². The Morgan fingerprint density at radius 3 is 2.62 bits per heavy atom. The molecule has 2 aromatic carbocycles. The molecular formula is C20H14N4O4S. The average Bonchev–Trinajstić information content (AvgIpc) is 3.26. The molecule has 144 valence electrons. The number of rotatable bonds is 5. The van der Waals surface area contributed by atoms with Crippen LogP contribution in [0, 0.1) is 0 Å². The lowest BCUT2D eigenvalue weighted by atomic mass is 10.0. The van der Waals surface area contributed by atoms with Crippen molar-refractivity contribution in [2.75, 3.05) is 6.54 Å². The van der Waals surface area contributed by atoms with Crippen LogP contribution in [0.25, 0.3) is 32.9 Å². The fourth-order valence-corrected chi connectivity index (χ4v) is 3.52. The summed E-state index contributed by atoms with van der Waals surface area (Å²) >= 11 is 1.29. The highest BCUT2D eigenvalue weighted by Gasteiger charge is 2.23. The number of carbonyl (C=O) groups is 2. The number of benzene rings is 2. The Morgan fingerprint density at radius 1 is 1.14 bits per heavy atom. The lowest BCUT2D eigenvalue weighted by Crippen LogP contribution is -2.29. The van der Waals surface area contributed by atoms with Crippen molar-refractivity contribution in [3.8, 4) is 27.6 Å². The molecule has 0 aliphatic heterocycles. The van der Waals surface area contributed by atoms with Crippen LogP contribution in [-0.4, -0.2) is 43.6 Å². The number of hydrogen-bond donors (Lipinski definition) is 3. The quantitative estimate of drug-likeness (QED) is 0.465. The summed E-state index contributed by atoms with van der Waals surface area (Å²) in [6.45, 7) is -0.590. The monoisotopic (exact) mass is 406 g/mol. The first kappa shape index (κ1) is 18.5. The van der Waals surface area contributed by atoms with E-state index < -0.39 is 18.4 Å². The highest BCUT2D eigenvalue weighted by atomic mass is 32.1. The number of aromatic nitrogens is 3. The molecule has 9 heteroatoms. The third kappa shape index (κ3) is 3.63. The first-order valence-corrected chi connectivity index (χ1v) is 9.40. The van der Waals surface area contributed by atoms with Gasteiger partial charge in [-0.15, -0.1) is 11.3 Å². The zero-order valence-electron chi connectivity index (χ0n) is 14.9. The van der Waals surface area contributed by atoms with Crippen LogP contribution in [0.4, 0.5) is 0 Å². The van der Waals surface area contributed by atoms with Gasteiger partial charge in [-0.3, -0.25) is 14.6 Å². The summed E-state index contributed by atoms with van der Waals surface area (Å²) in [7, 11) is 0. The molecule has 0 fully saturated rings. The fourth-order valence-electron chi connectivity index (χ4n) is 2.87. The van der Waals surface area contributed by atoms with Crippen LogP contribution in [0.1, 0.15) is 10.4 Å². The summed E-state index contributed by atoms with van der Waals surface area (Å²) < 4.78 is 0. The number of nitrogens with one attached hydrogen (secondary N) is 1. The number of thiazole rings is 1. The van der Waals surface area contributed by atoms with Gasteiger partial charge >= 0.3 is 5.97 Å². The Hall–Kier alpha value is -3.85. The van der Waals surface area contributed by atoms with Crippen molar-refractivity contribution < 1.29 is 19.8 Å². The van der Waals surface area contributed by atoms with Gasteiger partial charge in [-0.25, -0.2) is 9.97 Å². The molecule has 0 radical (unpaired) electrons. The minimum Gasteiger partial charge on any atom is -0.506 e. The maximum absolute atomic E-state index is 12.7. The number of amides is 1. The van der Waals surface area contributed by atoms with Gasteiger partial charge in [0.2, 0.25) is 0 Å². The van der Waals surface area contributed by atoms with E-state index in [0.29, 0.717) is 21.8 Å². The van der Waals surface area contributed by atoms with Gasteiger partial charge in [-0.2, -0.15) is 0 Å². The second-order valence-corrected chi connectivity index (χ2v) is 6.94. The first-order chi connectivity index (χ1) is 14.0. The maximum Gasteiger partial charge on any atom is 0.322 e. The highest BCUT2D eigenvalue weighted by Crippen LogP contribution is 2.38. The summed E-state index contributed by atoms with van der Waals surface area (Å²) in [4.78, 5) is 36.7. The summed E-state index contributed by atoms with van der Waals surface area (Å²) in [6, 6.07) is 10.9. The normalized spacial score (nSPS) is 10.8. The Kier molecular flexibility index (Phi) is 4.88. The zero-order chi connectivity index (χ0) is 20.4. The van der Waals surface area contributed by atoms with E-state index in [-0.39, 0.29) is 16.8 Å². The van der Waals surface area contributed by atoms with Crippen LogP contribution in [0.5, 0.6) is 5.75 Å². The van der Waals surface area contributed by atoms with Crippen molar-refractivity contribution in [1.82, 2.24) is 20.3 Å². The van der Waals surface area contributed by atoms with Crippen molar-refractivity contribution in [2.45, 2.75) is 0 Å². The second-order valence-electron chi connectivity index (χ2n) is 6.05. The van der Waals surface area contributed by atoms with E-state index in [1.165, 1.54) is 11.3 Å². The molecular weight excluding hydrogens is 392 g/mol. The number of carboxylic acids is 1. The van der Waals surface area contributed by atoms with Gasteiger partial charge in [0.25, 0.3) is 5.91 Å². The van der Waals surface area contributed by atoms with Crippen LogP contribution in [-0.2, 0) is 4.79 Å². The molecule has 3 N–H and O–H groups in total. The third-order valence-electron chi connectivity index (χ3n) is 4.17. The molecule has 29 heavy (non-hydrogen) atoms. The van der Waals surface area contributed by atoms with Crippen molar-refractivity contribution in [2.24, 2.45) is 0 Å². The van der Waals surface area contributed by atoms with Gasteiger partial charge in [0.1, 0.15) is 28.4 Å². The molecule has 2 aromatic heterocycles. The smallest absolute Gasteiger partial charge is 0.322 e. The first-order valence-electron chi connectivity index (χ1n) is 8.52. The van der Waals surface area contributed by atoms with Crippen molar-refractivity contribution in [3.63, 3.8) is 0 Å². The highest BCUT2D eigenvalue weighted by molar-refractivity contribution is 7.13. The van der Waals surface area contributed by atoms with E-state index in [2.05, 4.69) is 20.3 Å². The Labute approximate surface area is 168 Å². The van der Waals surface area contributed by atoms with Crippen LogP contribution >= 0.6 is 11.3 Å². The molecule has 0 aliphatic rings. The molecule has 1 amide bonds. The van der Waals surface area contributed by atoms with Crippen LogP contribution < -0.4 is 5.32 Å². The number of hydrogen-bond acceptors (Lipinski definition) is 7. The van der Waals surface area contributed by atoms with Crippen molar-refractivity contribution in [1.29, 1.82) is 0 Å². The lowest BCUT2D eigenvalue weighted by Gasteiger charge is -2.12. The number of phenolic OH excluding ortho intramolecular Hbond substituents is 1. The van der Waals surface area contributed by atoms with Crippen molar-refractivity contribution in [3.05, 3.63) is 59.7 Å². The Morgan fingerprint density at radius 2 is 1.93 bits per heavy atom. The van der Waals surface area contributed by atoms with E-state index in [1.54, 1.807) is 23.8 Å². The van der Waals surface area contributed by atoms with Gasteiger partial charge in [-0.05, 0) is 6.07 Å². The van der Waals surface area contributed by atoms with Gasteiger partial charge in [0.05, 0.1) is 23.0 Å². The average molecular weight is 406 g/mol. The molecule has 0 saturated carbocycles. The number of phenols is 1. The largest absolute Gasteiger partial charge is 0.506 e. The minimum atomic E-state index is -1.20. The molecule has 2 heterocycles. The summed E-state index contributed by atoms with van der Waals surface area (Å²) in [5.74, 6) is -2.28. The molecule has 0 aliphatic carbocycles. The summed E-state index contributed by atoms with van der Waals surface area (Å²) in [5, 5.41) is 24.3. The Balaban J connectivity index is 1.94. The number of aliphatic carboxylic acids is 1. The topological polar surface area (TPSA) is 125 Å². The molecule has 0 spiro atoms. The molecule has 4 aromatic rings. The van der Waals surface area contributed by atoms with Gasteiger partial charge < -0.3 is 15.5 Å². The second kappa shape index (κ2) is 7.64. The fraction of sp³-hybridized carbons (Fsp3) is 0.0500. The molecule has 8 nitrogen and oxygen atoms in total. The van der Waals surface area contributed by atoms with Gasteiger partial charge in [-0.1, -0.05) is 30.3 Å². The van der Waals surface area contributed by atoms with E-state index >= 15 is 0 Å². The number of carboxylic acid groups (broad SMARTS) is 1. The number of aromatic hydroxyl groups is 1. The van der Waals surface area contributed by atoms with Crippen LogP contribution in [0.15, 0.2) is 54.2 Å². The SMILES string of the molecule is O=C(O)CNC(=O)c1c(O)c(-c2nccs2)cc2ncc(-c3ccccc3)nc12. The molecule has 0 bridgehead atoms. The molecule has 0 unspecified atom stereocenters. The summed E-state index contributed by atoms with van der Waals surface area (Å²) in [6.07, 6.45) is 3.16. The molecule has 0 saturated heterocycles. The van der Waals surface area contributed by atoms with E-state index in [0.717, 1.165) is 5.56 Å².